The zero-order valence-corrected chi connectivity index (χ0v) is 11.3. The minimum atomic E-state index is -0.182. The summed E-state index contributed by atoms with van der Waals surface area (Å²) in [6.45, 7) is 6.13. The summed E-state index contributed by atoms with van der Waals surface area (Å²) in [5.74, 6) is -0.101. The first-order valence-electron chi connectivity index (χ1n) is 5.84. The second-order valence-corrected chi connectivity index (χ2v) is 4.56. The Kier molecular flexibility index (Phi) is 5.15. The fourth-order valence-electron chi connectivity index (χ4n) is 1.90. The number of aromatic nitrogens is 2. The van der Waals surface area contributed by atoms with Gasteiger partial charge < -0.3 is 5.11 Å². The van der Waals surface area contributed by atoms with E-state index in [-0.39, 0.29) is 18.3 Å². The molecule has 0 saturated heterocycles. The molecular formula is C12H19ClN2O2. The Labute approximate surface area is 107 Å². The van der Waals surface area contributed by atoms with Crippen molar-refractivity contribution in [2.24, 2.45) is 5.92 Å². The maximum absolute atomic E-state index is 11.5. The molecule has 0 fully saturated rings. The molecule has 0 aliphatic rings. The van der Waals surface area contributed by atoms with Gasteiger partial charge in [0.05, 0.1) is 16.4 Å². The molecule has 1 unspecified atom stereocenters. The van der Waals surface area contributed by atoms with Crippen LogP contribution in [0.2, 0.25) is 5.02 Å². The molecule has 0 aromatic carbocycles. The molecule has 1 heterocycles. The molecule has 0 amide bonds. The highest BCUT2D eigenvalue weighted by Crippen LogP contribution is 2.24. The molecule has 5 heteroatoms. The topological polar surface area (TPSA) is 55.1 Å². The number of ketones is 1. The van der Waals surface area contributed by atoms with Crippen molar-refractivity contribution >= 4 is 17.4 Å². The standard InChI is InChI=1S/C12H19ClN2O2/c1-4-15-11(12(13)8(2)14-15)7-10(5-6-16)9(3)17/h10,16H,4-7H2,1-3H3. The molecular weight excluding hydrogens is 240 g/mol. The highest BCUT2D eigenvalue weighted by atomic mass is 35.5. The third-order valence-electron chi connectivity index (χ3n) is 2.95. The van der Waals surface area contributed by atoms with Gasteiger partial charge in [-0.05, 0) is 27.2 Å². The summed E-state index contributed by atoms with van der Waals surface area (Å²) < 4.78 is 1.82. The predicted molar refractivity (Wildman–Crippen MR) is 67.2 cm³/mol. The van der Waals surface area contributed by atoms with Crippen molar-refractivity contribution in [1.82, 2.24) is 9.78 Å². The molecule has 0 aliphatic carbocycles. The zero-order chi connectivity index (χ0) is 13.0. The number of aliphatic hydroxyl groups is 1. The highest BCUT2D eigenvalue weighted by molar-refractivity contribution is 6.31. The summed E-state index contributed by atoms with van der Waals surface area (Å²) in [4.78, 5) is 11.5. The van der Waals surface area contributed by atoms with Crippen molar-refractivity contribution < 1.29 is 9.90 Å². The molecule has 1 aromatic heterocycles. The van der Waals surface area contributed by atoms with Crippen molar-refractivity contribution in [3.8, 4) is 0 Å². The van der Waals surface area contributed by atoms with Gasteiger partial charge in [-0.1, -0.05) is 11.6 Å². The Morgan fingerprint density at radius 1 is 1.59 bits per heavy atom. The van der Waals surface area contributed by atoms with Gasteiger partial charge in [0.2, 0.25) is 0 Å². The molecule has 17 heavy (non-hydrogen) atoms. The number of halogens is 1. The Morgan fingerprint density at radius 3 is 2.71 bits per heavy atom. The molecule has 0 spiro atoms. The third kappa shape index (κ3) is 3.30. The van der Waals surface area contributed by atoms with Gasteiger partial charge in [-0.15, -0.1) is 0 Å². The van der Waals surface area contributed by atoms with E-state index in [0.29, 0.717) is 17.9 Å². The van der Waals surface area contributed by atoms with E-state index >= 15 is 0 Å². The molecule has 4 nitrogen and oxygen atoms in total. The normalized spacial score (nSPS) is 12.8. The average molecular weight is 259 g/mol. The molecule has 0 aliphatic heterocycles. The van der Waals surface area contributed by atoms with Gasteiger partial charge >= 0.3 is 0 Å². The summed E-state index contributed by atoms with van der Waals surface area (Å²) in [6, 6.07) is 0. The molecule has 0 bridgehead atoms. The maximum Gasteiger partial charge on any atom is 0.133 e. The number of hydrogen-bond donors (Lipinski definition) is 1. The van der Waals surface area contributed by atoms with E-state index in [9.17, 15) is 4.79 Å². The van der Waals surface area contributed by atoms with Crippen LogP contribution in [0.5, 0.6) is 0 Å². The molecule has 0 saturated carbocycles. The van der Waals surface area contributed by atoms with Gasteiger partial charge in [-0.2, -0.15) is 5.10 Å². The maximum atomic E-state index is 11.5. The lowest BCUT2D eigenvalue weighted by atomic mass is 9.95. The zero-order valence-electron chi connectivity index (χ0n) is 10.5. The minimum absolute atomic E-state index is 0.0150. The first kappa shape index (κ1) is 14.2. The van der Waals surface area contributed by atoms with Crippen molar-refractivity contribution in [3.63, 3.8) is 0 Å². The van der Waals surface area contributed by atoms with Gasteiger partial charge in [0.1, 0.15) is 5.78 Å². The van der Waals surface area contributed by atoms with E-state index in [1.54, 1.807) is 6.92 Å². The summed E-state index contributed by atoms with van der Waals surface area (Å²) in [7, 11) is 0. The van der Waals surface area contributed by atoms with Crippen molar-refractivity contribution in [2.75, 3.05) is 6.61 Å². The van der Waals surface area contributed by atoms with Gasteiger partial charge in [0.15, 0.2) is 0 Å². The molecule has 1 aromatic rings. The Bertz CT molecular complexity index is 401. The second kappa shape index (κ2) is 6.17. The number of carbonyl (C=O) groups is 1. The van der Waals surface area contributed by atoms with Crippen molar-refractivity contribution in [3.05, 3.63) is 16.4 Å². The molecule has 0 radical (unpaired) electrons. The minimum Gasteiger partial charge on any atom is -0.396 e. The number of carbonyl (C=O) groups excluding carboxylic acids is 1. The number of Topliss-reactive ketones (excluding diaryl/α,β-unsaturated/α-hetero) is 1. The lowest BCUT2D eigenvalue weighted by molar-refractivity contribution is -0.121. The molecule has 96 valence electrons. The number of aryl methyl sites for hydroxylation is 2. The van der Waals surface area contributed by atoms with Crippen LogP contribution in [0, 0.1) is 12.8 Å². The van der Waals surface area contributed by atoms with E-state index in [0.717, 1.165) is 17.9 Å². The predicted octanol–water partition coefficient (Wildman–Crippen LogP) is 1.99. The van der Waals surface area contributed by atoms with E-state index in [2.05, 4.69) is 5.10 Å². The summed E-state index contributed by atoms with van der Waals surface area (Å²) in [5.41, 5.74) is 1.68. The lowest BCUT2D eigenvalue weighted by Gasteiger charge is -2.13. The first-order chi connectivity index (χ1) is 8.01. The first-order valence-corrected chi connectivity index (χ1v) is 6.22. The summed E-state index contributed by atoms with van der Waals surface area (Å²) in [6.07, 6.45) is 1.02. The van der Waals surface area contributed by atoms with Gasteiger partial charge in [0.25, 0.3) is 0 Å². The largest absolute Gasteiger partial charge is 0.396 e. The van der Waals surface area contributed by atoms with Crippen LogP contribution >= 0.6 is 11.6 Å². The molecule has 1 atom stereocenters. The fraction of sp³-hybridized carbons (Fsp3) is 0.667. The van der Waals surface area contributed by atoms with Crippen LogP contribution in [0.15, 0.2) is 0 Å². The van der Waals surface area contributed by atoms with Crippen LogP contribution in [-0.2, 0) is 17.8 Å². The average Bonchev–Trinajstić information content (AvgIpc) is 2.55. The Balaban J connectivity index is 2.95. The van der Waals surface area contributed by atoms with Crippen LogP contribution in [0.1, 0.15) is 31.7 Å². The van der Waals surface area contributed by atoms with Crippen LogP contribution < -0.4 is 0 Å². The quantitative estimate of drug-likeness (QED) is 0.849. The van der Waals surface area contributed by atoms with Crippen LogP contribution in [0.25, 0.3) is 0 Å². The van der Waals surface area contributed by atoms with Gasteiger partial charge in [-0.3, -0.25) is 9.48 Å². The monoisotopic (exact) mass is 258 g/mol. The fourth-order valence-corrected chi connectivity index (χ4v) is 2.11. The highest BCUT2D eigenvalue weighted by Gasteiger charge is 2.20. The lowest BCUT2D eigenvalue weighted by Crippen LogP contribution is -2.18. The second-order valence-electron chi connectivity index (χ2n) is 4.19. The summed E-state index contributed by atoms with van der Waals surface area (Å²) >= 11 is 6.18. The van der Waals surface area contributed by atoms with E-state index < -0.39 is 0 Å². The van der Waals surface area contributed by atoms with Crippen LogP contribution in [-0.4, -0.2) is 27.3 Å². The van der Waals surface area contributed by atoms with E-state index in [1.807, 2.05) is 18.5 Å². The number of aliphatic hydroxyl groups excluding tert-OH is 1. The van der Waals surface area contributed by atoms with E-state index in [1.165, 1.54) is 0 Å². The van der Waals surface area contributed by atoms with Crippen molar-refractivity contribution in [1.29, 1.82) is 0 Å². The van der Waals surface area contributed by atoms with Crippen LogP contribution in [0.4, 0.5) is 0 Å². The van der Waals surface area contributed by atoms with E-state index in [4.69, 9.17) is 16.7 Å². The Hall–Kier alpha value is -0.870. The third-order valence-corrected chi connectivity index (χ3v) is 3.44. The number of rotatable bonds is 6. The van der Waals surface area contributed by atoms with Crippen molar-refractivity contribution in [2.45, 2.75) is 40.2 Å². The number of nitrogens with zero attached hydrogens (tertiary/aromatic N) is 2. The Morgan fingerprint density at radius 2 is 2.24 bits per heavy atom. The molecule has 1 rings (SSSR count). The van der Waals surface area contributed by atoms with Crippen LogP contribution in [0.3, 0.4) is 0 Å². The molecule has 1 N–H and O–H groups in total. The smallest absolute Gasteiger partial charge is 0.133 e. The summed E-state index contributed by atoms with van der Waals surface area (Å²) in [5, 5.41) is 13.9. The number of hydrogen-bond acceptors (Lipinski definition) is 3. The van der Waals surface area contributed by atoms with Gasteiger partial charge in [0, 0.05) is 25.5 Å². The van der Waals surface area contributed by atoms with Gasteiger partial charge in [-0.25, -0.2) is 0 Å². The SMILES string of the molecule is CCn1nc(C)c(Cl)c1CC(CCO)C(C)=O.